The van der Waals surface area contributed by atoms with Crippen molar-refractivity contribution in [3.05, 3.63) is 17.5 Å². The molecule has 2 aromatic heterocycles. The Balaban J connectivity index is 1.61. The number of methoxy groups -OCH3 is 1. The molecule has 0 spiro atoms. The van der Waals surface area contributed by atoms with Gasteiger partial charge in [-0.15, -0.1) is 10.2 Å². The normalized spacial score (nSPS) is 18.7. The second kappa shape index (κ2) is 7.21. The zero-order chi connectivity index (χ0) is 15.4. The number of nitrogens with one attached hydrogen (secondary N) is 1. The molecule has 1 fully saturated rings. The molecule has 3 heterocycles. The van der Waals surface area contributed by atoms with Crippen molar-refractivity contribution >= 4 is 11.8 Å². The van der Waals surface area contributed by atoms with E-state index in [1.165, 1.54) is 6.42 Å². The van der Waals surface area contributed by atoms with Crippen LogP contribution in [0.1, 0.15) is 36.3 Å². The first-order valence-corrected chi connectivity index (χ1v) is 8.29. The van der Waals surface area contributed by atoms with Crippen molar-refractivity contribution in [3.63, 3.8) is 0 Å². The zero-order valence-corrected chi connectivity index (χ0v) is 13.6. The molecular formula is C13H20N6O2S. The fourth-order valence-corrected chi connectivity index (χ4v) is 3.30. The summed E-state index contributed by atoms with van der Waals surface area (Å²) < 4.78 is 12.1. The van der Waals surface area contributed by atoms with E-state index in [2.05, 4.69) is 30.2 Å². The highest BCUT2D eigenvalue weighted by Gasteiger charge is 2.22. The van der Waals surface area contributed by atoms with Gasteiger partial charge in [-0.2, -0.15) is 4.98 Å². The lowest BCUT2D eigenvalue weighted by molar-refractivity contribution is 0.151. The monoisotopic (exact) mass is 324 g/mol. The number of thioether (sulfide) groups is 1. The van der Waals surface area contributed by atoms with E-state index in [0.29, 0.717) is 30.0 Å². The minimum Gasteiger partial charge on any atom is -0.375 e. The molecule has 0 radical (unpaired) electrons. The maximum atomic E-state index is 5.07. The second-order valence-corrected chi connectivity index (χ2v) is 6.21. The van der Waals surface area contributed by atoms with Crippen LogP contribution in [-0.2, 0) is 24.1 Å². The zero-order valence-electron chi connectivity index (χ0n) is 12.8. The van der Waals surface area contributed by atoms with Gasteiger partial charge in [0.1, 0.15) is 12.4 Å². The van der Waals surface area contributed by atoms with Crippen LogP contribution in [0.2, 0.25) is 0 Å². The summed E-state index contributed by atoms with van der Waals surface area (Å²) in [7, 11) is 3.61. The predicted octanol–water partition coefficient (Wildman–Crippen LogP) is 1.10. The fraction of sp³-hybridized carbons (Fsp3) is 0.692. The molecule has 0 bridgehead atoms. The van der Waals surface area contributed by atoms with E-state index in [0.717, 1.165) is 30.5 Å². The summed E-state index contributed by atoms with van der Waals surface area (Å²) in [5.74, 6) is 3.22. The van der Waals surface area contributed by atoms with Crippen LogP contribution in [0.3, 0.4) is 0 Å². The van der Waals surface area contributed by atoms with Crippen LogP contribution in [-0.4, -0.2) is 45.1 Å². The van der Waals surface area contributed by atoms with Crippen molar-refractivity contribution in [2.24, 2.45) is 7.05 Å². The van der Waals surface area contributed by atoms with Crippen LogP contribution in [0.25, 0.3) is 0 Å². The highest BCUT2D eigenvalue weighted by molar-refractivity contribution is 7.98. The van der Waals surface area contributed by atoms with Crippen molar-refractivity contribution in [2.75, 3.05) is 20.2 Å². The molecule has 0 aliphatic carbocycles. The van der Waals surface area contributed by atoms with Gasteiger partial charge in [0, 0.05) is 26.6 Å². The first kappa shape index (κ1) is 15.4. The van der Waals surface area contributed by atoms with Gasteiger partial charge in [0.05, 0.1) is 5.75 Å². The minimum absolute atomic E-state index is 0.334. The first-order valence-electron chi connectivity index (χ1n) is 7.31. The second-order valence-electron chi connectivity index (χ2n) is 5.27. The molecule has 1 N–H and O–H groups in total. The Labute approximate surface area is 133 Å². The number of ether oxygens (including phenoxy) is 1. The molecule has 1 atom stereocenters. The molecule has 3 rings (SSSR count). The molecule has 0 aromatic carbocycles. The third kappa shape index (κ3) is 3.47. The Hall–Kier alpha value is -1.45. The molecule has 120 valence electrons. The largest absolute Gasteiger partial charge is 0.375 e. The summed E-state index contributed by atoms with van der Waals surface area (Å²) in [6, 6.07) is 0. The molecule has 1 aliphatic rings. The molecule has 22 heavy (non-hydrogen) atoms. The van der Waals surface area contributed by atoms with E-state index in [9.17, 15) is 0 Å². The average Bonchev–Trinajstić information content (AvgIpc) is 3.13. The van der Waals surface area contributed by atoms with Crippen LogP contribution < -0.4 is 5.32 Å². The van der Waals surface area contributed by atoms with Crippen molar-refractivity contribution in [2.45, 2.75) is 36.3 Å². The number of aromatic nitrogens is 5. The van der Waals surface area contributed by atoms with Crippen molar-refractivity contribution in [1.82, 2.24) is 30.2 Å². The number of hydrogen-bond acceptors (Lipinski definition) is 8. The smallest absolute Gasteiger partial charge is 0.252 e. The highest BCUT2D eigenvalue weighted by atomic mass is 32.2. The molecule has 1 saturated heterocycles. The lowest BCUT2D eigenvalue weighted by atomic mass is 9.99. The average molecular weight is 324 g/mol. The van der Waals surface area contributed by atoms with Crippen molar-refractivity contribution in [3.8, 4) is 0 Å². The van der Waals surface area contributed by atoms with E-state index in [-0.39, 0.29) is 0 Å². The summed E-state index contributed by atoms with van der Waals surface area (Å²) in [6.45, 7) is 2.40. The molecule has 9 heteroatoms. The molecule has 8 nitrogen and oxygen atoms in total. The quantitative estimate of drug-likeness (QED) is 0.790. The third-order valence-corrected chi connectivity index (χ3v) is 4.66. The molecular weight excluding hydrogens is 304 g/mol. The van der Waals surface area contributed by atoms with E-state index in [1.54, 1.807) is 18.9 Å². The lowest BCUT2D eigenvalue weighted by Gasteiger charge is -2.21. The molecule has 0 amide bonds. The van der Waals surface area contributed by atoms with Gasteiger partial charge in [0.15, 0.2) is 11.0 Å². The number of nitrogens with zero attached hydrogens (tertiary/aromatic N) is 5. The maximum absolute atomic E-state index is 5.07. The third-order valence-electron chi connectivity index (χ3n) is 3.64. The van der Waals surface area contributed by atoms with E-state index in [1.807, 2.05) is 7.05 Å². The standard InChI is InChI=1S/C13H20N6O2S/c1-19-12(9-4-3-5-14-6-9)16-17-13(19)22-8-10-15-11(7-20-2)21-18-10/h9,14H,3-8H2,1-2H3/t9-/m1/s1. The molecule has 1 aliphatic heterocycles. The van der Waals surface area contributed by atoms with Crippen LogP contribution in [0.4, 0.5) is 0 Å². The van der Waals surface area contributed by atoms with Gasteiger partial charge >= 0.3 is 0 Å². The van der Waals surface area contributed by atoms with Crippen molar-refractivity contribution in [1.29, 1.82) is 0 Å². The van der Waals surface area contributed by atoms with Crippen LogP contribution in [0, 0.1) is 0 Å². The van der Waals surface area contributed by atoms with E-state index < -0.39 is 0 Å². The van der Waals surface area contributed by atoms with Gasteiger partial charge < -0.3 is 19.1 Å². The van der Waals surface area contributed by atoms with E-state index in [4.69, 9.17) is 9.26 Å². The Morgan fingerprint density at radius 3 is 3.14 bits per heavy atom. The summed E-state index contributed by atoms with van der Waals surface area (Å²) in [6.07, 6.45) is 2.35. The van der Waals surface area contributed by atoms with Crippen LogP contribution in [0.5, 0.6) is 0 Å². The van der Waals surface area contributed by atoms with Gasteiger partial charge in [0.25, 0.3) is 5.89 Å². The molecule has 2 aromatic rings. The Kier molecular flexibility index (Phi) is 5.06. The highest BCUT2D eigenvalue weighted by Crippen LogP contribution is 2.26. The summed E-state index contributed by atoms with van der Waals surface area (Å²) in [5, 5.41) is 16.8. The summed E-state index contributed by atoms with van der Waals surface area (Å²) in [4.78, 5) is 4.25. The SMILES string of the molecule is COCc1nc(CSc2nnc([C@@H]3CCCNC3)n2C)no1. The summed E-state index contributed by atoms with van der Waals surface area (Å²) >= 11 is 1.56. The maximum Gasteiger partial charge on any atom is 0.252 e. The molecule has 0 saturated carbocycles. The number of piperidine rings is 1. The number of hydrogen-bond donors (Lipinski definition) is 1. The summed E-state index contributed by atoms with van der Waals surface area (Å²) in [5.41, 5.74) is 0. The van der Waals surface area contributed by atoms with Crippen LogP contribution >= 0.6 is 11.8 Å². The van der Waals surface area contributed by atoms with Gasteiger partial charge in [-0.1, -0.05) is 16.9 Å². The lowest BCUT2D eigenvalue weighted by Crippen LogP contribution is -2.29. The minimum atomic E-state index is 0.334. The van der Waals surface area contributed by atoms with Gasteiger partial charge in [-0.05, 0) is 19.4 Å². The Morgan fingerprint density at radius 2 is 2.36 bits per heavy atom. The van der Waals surface area contributed by atoms with Crippen molar-refractivity contribution < 1.29 is 9.26 Å². The molecule has 0 unspecified atom stereocenters. The fourth-order valence-electron chi connectivity index (χ4n) is 2.54. The van der Waals surface area contributed by atoms with Gasteiger partial charge in [-0.3, -0.25) is 0 Å². The van der Waals surface area contributed by atoms with E-state index >= 15 is 0 Å². The Bertz CT molecular complexity index is 607. The Morgan fingerprint density at radius 1 is 1.45 bits per heavy atom. The predicted molar refractivity (Wildman–Crippen MR) is 80.4 cm³/mol. The van der Waals surface area contributed by atoms with Gasteiger partial charge in [0.2, 0.25) is 0 Å². The number of rotatable bonds is 6. The topological polar surface area (TPSA) is 90.9 Å². The van der Waals surface area contributed by atoms with Crippen LogP contribution in [0.15, 0.2) is 9.68 Å². The van der Waals surface area contributed by atoms with Gasteiger partial charge in [-0.25, -0.2) is 0 Å². The first-order chi connectivity index (χ1) is 10.8.